The zero-order valence-corrected chi connectivity index (χ0v) is 11.3. The zero-order valence-electron chi connectivity index (χ0n) is 9.70. The summed E-state index contributed by atoms with van der Waals surface area (Å²) in [5.74, 6) is 2.40. The van der Waals surface area contributed by atoms with Gasteiger partial charge in [-0.3, -0.25) is 0 Å². The van der Waals surface area contributed by atoms with Crippen molar-refractivity contribution >= 4 is 29.0 Å². The fourth-order valence-electron chi connectivity index (χ4n) is 1.94. The van der Waals surface area contributed by atoms with E-state index >= 15 is 0 Å². The van der Waals surface area contributed by atoms with Crippen LogP contribution in [0, 0.1) is 12.8 Å². The number of aromatic nitrogens is 5. The molecule has 18 heavy (non-hydrogen) atoms. The fourth-order valence-corrected chi connectivity index (χ4v) is 3.48. The number of hydrogen-bond acceptors (Lipinski definition) is 7. The first-order valence-electron chi connectivity index (χ1n) is 5.78. The van der Waals surface area contributed by atoms with Crippen molar-refractivity contribution in [3.8, 4) is 10.7 Å². The molecule has 3 heterocycles. The minimum atomic E-state index is 0.682. The molecule has 6 nitrogen and oxygen atoms in total. The molecule has 1 fully saturated rings. The summed E-state index contributed by atoms with van der Waals surface area (Å²) in [5, 5.41) is 18.0. The molecule has 0 bridgehead atoms. The predicted octanol–water partition coefficient (Wildman–Crippen LogP) is 1.82. The molecule has 1 saturated carbocycles. The summed E-state index contributed by atoms with van der Waals surface area (Å²) in [4.78, 5) is 0.954. The van der Waals surface area contributed by atoms with Gasteiger partial charge in [-0.15, -0.1) is 15.3 Å². The second-order valence-corrected chi connectivity index (χ2v) is 6.16. The second kappa shape index (κ2) is 3.86. The molecule has 1 aliphatic carbocycles. The Morgan fingerprint density at radius 1 is 1.22 bits per heavy atom. The van der Waals surface area contributed by atoms with E-state index in [0.29, 0.717) is 5.92 Å². The lowest BCUT2D eigenvalue weighted by Crippen LogP contribution is -2.14. The van der Waals surface area contributed by atoms with Crippen LogP contribution in [-0.4, -0.2) is 35.9 Å². The maximum absolute atomic E-state index is 4.70. The highest BCUT2D eigenvalue weighted by atomic mass is 32.2. The third kappa shape index (κ3) is 1.59. The lowest BCUT2D eigenvalue weighted by Gasteiger charge is -2.12. The van der Waals surface area contributed by atoms with Crippen molar-refractivity contribution in [2.75, 3.05) is 5.75 Å². The molecule has 0 N–H and O–H groups in total. The van der Waals surface area contributed by atoms with E-state index in [1.807, 2.05) is 11.6 Å². The third-order valence-electron chi connectivity index (χ3n) is 3.09. The van der Waals surface area contributed by atoms with Gasteiger partial charge < -0.3 is 0 Å². The van der Waals surface area contributed by atoms with E-state index in [2.05, 4.69) is 19.8 Å². The van der Waals surface area contributed by atoms with Crippen LogP contribution < -0.4 is 0 Å². The fraction of sp³-hybridized carbons (Fsp3) is 0.500. The normalized spacial score (nSPS) is 18.6. The molecule has 4 rings (SSSR count). The number of fused-ring (bicyclic) bond motifs is 1. The predicted molar refractivity (Wildman–Crippen MR) is 69.9 cm³/mol. The molecule has 2 aromatic rings. The van der Waals surface area contributed by atoms with Gasteiger partial charge in [0.15, 0.2) is 5.82 Å². The SMILES string of the molecule is Cc1nnsc1-c1nnc2n1N=C(C1CC1)CS2. The minimum absolute atomic E-state index is 0.682. The Morgan fingerprint density at radius 2 is 2.11 bits per heavy atom. The van der Waals surface area contributed by atoms with E-state index < -0.39 is 0 Å². The van der Waals surface area contributed by atoms with E-state index in [1.165, 1.54) is 30.1 Å². The van der Waals surface area contributed by atoms with Gasteiger partial charge in [-0.2, -0.15) is 9.78 Å². The zero-order chi connectivity index (χ0) is 12.1. The van der Waals surface area contributed by atoms with Gasteiger partial charge in [0.05, 0.1) is 11.4 Å². The van der Waals surface area contributed by atoms with E-state index in [1.54, 1.807) is 11.8 Å². The highest BCUT2D eigenvalue weighted by Crippen LogP contribution is 2.37. The van der Waals surface area contributed by atoms with Crippen molar-refractivity contribution < 1.29 is 0 Å². The summed E-state index contributed by atoms with van der Waals surface area (Å²) in [6.07, 6.45) is 2.54. The van der Waals surface area contributed by atoms with Crippen LogP contribution >= 0.6 is 23.3 Å². The van der Waals surface area contributed by atoms with Crippen LogP contribution in [0.4, 0.5) is 0 Å². The van der Waals surface area contributed by atoms with Crippen LogP contribution in [0.2, 0.25) is 0 Å². The Labute approximate surface area is 112 Å². The van der Waals surface area contributed by atoms with E-state index in [-0.39, 0.29) is 0 Å². The number of rotatable bonds is 2. The molecular formula is C10H10N6S2. The Balaban J connectivity index is 1.84. The molecule has 0 saturated heterocycles. The molecule has 0 unspecified atom stereocenters. The van der Waals surface area contributed by atoms with Gasteiger partial charge in [-0.05, 0) is 37.2 Å². The van der Waals surface area contributed by atoms with Crippen LogP contribution in [0.5, 0.6) is 0 Å². The van der Waals surface area contributed by atoms with Crippen molar-refractivity contribution in [3.05, 3.63) is 5.69 Å². The Hall–Kier alpha value is -1.28. The summed E-state index contributed by atoms with van der Waals surface area (Å²) in [6.45, 7) is 1.93. The first-order valence-corrected chi connectivity index (χ1v) is 7.54. The first-order chi connectivity index (χ1) is 8.83. The Morgan fingerprint density at radius 3 is 2.83 bits per heavy atom. The van der Waals surface area contributed by atoms with Crippen molar-refractivity contribution in [1.82, 2.24) is 24.5 Å². The molecule has 2 aliphatic rings. The molecule has 8 heteroatoms. The molecule has 1 aliphatic heterocycles. The highest BCUT2D eigenvalue weighted by Gasteiger charge is 2.31. The number of thioether (sulfide) groups is 1. The quantitative estimate of drug-likeness (QED) is 0.838. The number of aryl methyl sites for hydroxylation is 1. The summed E-state index contributed by atoms with van der Waals surface area (Å²) < 4.78 is 5.80. The van der Waals surface area contributed by atoms with Crippen LogP contribution in [0.15, 0.2) is 10.3 Å². The third-order valence-corrected chi connectivity index (χ3v) is 4.87. The van der Waals surface area contributed by atoms with Gasteiger partial charge in [0.25, 0.3) is 0 Å². The molecule has 92 valence electrons. The van der Waals surface area contributed by atoms with Crippen LogP contribution in [0.25, 0.3) is 10.7 Å². The van der Waals surface area contributed by atoms with Crippen molar-refractivity contribution in [1.29, 1.82) is 0 Å². The van der Waals surface area contributed by atoms with Crippen LogP contribution in [0.3, 0.4) is 0 Å². The Kier molecular flexibility index (Phi) is 2.28. The summed E-state index contributed by atoms with van der Waals surface area (Å²) in [7, 11) is 0. The summed E-state index contributed by atoms with van der Waals surface area (Å²) in [6, 6.07) is 0. The molecular weight excluding hydrogens is 268 g/mol. The van der Waals surface area contributed by atoms with Gasteiger partial charge >= 0.3 is 0 Å². The highest BCUT2D eigenvalue weighted by molar-refractivity contribution is 7.99. The van der Waals surface area contributed by atoms with Crippen LogP contribution in [-0.2, 0) is 0 Å². The van der Waals surface area contributed by atoms with E-state index in [4.69, 9.17) is 5.10 Å². The minimum Gasteiger partial charge on any atom is -0.186 e. The van der Waals surface area contributed by atoms with Crippen molar-refractivity contribution in [3.63, 3.8) is 0 Å². The topological polar surface area (TPSA) is 68.8 Å². The molecule has 0 aromatic carbocycles. The monoisotopic (exact) mass is 278 g/mol. The molecule has 2 aromatic heterocycles. The van der Waals surface area contributed by atoms with E-state index in [0.717, 1.165) is 27.3 Å². The maximum atomic E-state index is 4.70. The lowest BCUT2D eigenvalue weighted by molar-refractivity contribution is 0.754. The molecule has 0 atom stereocenters. The van der Waals surface area contributed by atoms with Gasteiger partial charge in [0.1, 0.15) is 4.88 Å². The molecule has 0 radical (unpaired) electrons. The summed E-state index contributed by atoms with van der Waals surface area (Å²) >= 11 is 3.05. The van der Waals surface area contributed by atoms with Crippen molar-refractivity contribution in [2.45, 2.75) is 24.9 Å². The first kappa shape index (κ1) is 10.6. The average molecular weight is 278 g/mol. The van der Waals surface area contributed by atoms with Gasteiger partial charge in [0, 0.05) is 5.75 Å². The molecule has 0 spiro atoms. The van der Waals surface area contributed by atoms with Crippen molar-refractivity contribution in [2.24, 2.45) is 11.0 Å². The molecule has 0 amide bonds. The van der Waals surface area contributed by atoms with Gasteiger partial charge in [-0.1, -0.05) is 16.3 Å². The smallest absolute Gasteiger partial charge is 0.186 e. The van der Waals surface area contributed by atoms with E-state index in [9.17, 15) is 0 Å². The Bertz CT molecular complexity index is 639. The largest absolute Gasteiger partial charge is 0.212 e. The maximum Gasteiger partial charge on any atom is 0.212 e. The summed E-state index contributed by atoms with van der Waals surface area (Å²) in [5.41, 5.74) is 2.15. The van der Waals surface area contributed by atoms with Gasteiger partial charge in [-0.25, -0.2) is 0 Å². The average Bonchev–Trinajstić information content (AvgIpc) is 3.03. The second-order valence-electron chi connectivity index (χ2n) is 4.46. The number of nitrogens with zero attached hydrogens (tertiary/aromatic N) is 6. The standard InChI is InChI=1S/C10H10N6S2/c1-5-8(18-15-11-5)9-12-13-10-16(9)14-7(4-17-10)6-2-3-6/h6H,2-4H2,1H3. The lowest BCUT2D eigenvalue weighted by atomic mass is 10.3. The van der Waals surface area contributed by atoms with Gasteiger partial charge in [0.2, 0.25) is 5.16 Å². The van der Waals surface area contributed by atoms with Crippen LogP contribution in [0.1, 0.15) is 18.5 Å². The number of hydrogen-bond donors (Lipinski definition) is 0.